The van der Waals surface area contributed by atoms with Crippen LogP contribution in [0.5, 0.6) is 0 Å². The summed E-state index contributed by atoms with van der Waals surface area (Å²) in [5, 5.41) is 12.5. The number of nitrogens with zero attached hydrogens (tertiary/aromatic N) is 4. The van der Waals surface area contributed by atoms with Crippen LogP contribution in [0.4, 0.5) is 0 Å². The minimum Gasteiger partial charge on any atom is -0.352 e. The summed E-state index contributed by atoms with van der Waals surface area (Å²) in [5.41, 5.74) is 0.330. The van der Waals surface area contributed by atoms with Crippen molar-refractivity contribution in [1.82, 2.24) is 24.4 Å². The van der Waals surface area contributed by atoms with Crippen LogP contribution in [0.3, 0.4) is 0 Å². The van der Waals surface area contributed by atoms with Gasteiger partial charge in [-0.15, -0.1) is 10.2 Å². The zero-order chi connectivity index (χ0) is 21.7. The molecule has 1 N–H and O–H groups in total. The van der Waals surface area contributed by atoms with Crippen molar-refractivity contribution in [1.29, 1.82) is 0 Å². The summed E-state index contributed by atoms with van der Waals surface area (Å²) in [6, 6.07) is 6.58. The van der Waals surface area contributed by atoms with Crippen molar-refractivity contribution in [2.45, 2.75) is 54.6 Å². The number of rotatable bonds is 9. The lowest BCUT2D eigenvalue weighted by Crippen LogP contribution is -2.26. The van der Waals surface area contributed by atoms with Gasteiger partial charge in [-0.2, -0.15) is 0 Å². The summed E-state index contributed by atoms with van der Waals surface area (Å²) < 4.78 is 27.9. The maximum absolute atomic E-state index is 12.5. The zero-order valence-corrected chi connectivity index (χ0v) is 19.3. The molecule has 1 aliphatic carbocycles. The van der Waals surface area contributed by atoms with Crippen LogP contribution in [0.25, 0.3) is 0 Å². The fourth-order valence-corrected chi connectivity index (χ4v) is 5.23. The normalized spacial score (nSPS) is 15.1. The molecule has 2 aromatic rings. The molecule has 1 amide bonds. The Balaban J connectivity index is 1.58. The average Bonchev–Trinajstić information content (AvgIpc) is 3.40. The van der Waals surface area contributed by atoms with E-state index in [0.717, 1.165) is 28.1 Å². The van der Waals surface area contributed by atoms with Crippen molar-refractivity contribution >= 4 is 27.7 Å². The number of hydrogen-bond donors (Lipinski definition) is 1. The molecule has 1 heterocycles. The maximum Gasteiger partial charge on any atom is 0.251 e. The lowest BCUT2D eigenvalue weighted by atomic mass is 10.2. The highest BCUT2D eigenvalue weighted by molar-refractivity contribution is 7.98. The summed E-state index contributed by atoms with van der Waals surface area (Å²) in [7, 11) is -0.640. The van der Waals surface area contributed by atoms with E-state index in [-0.39, 0.29) is 10.8 Å². The fourth-order valence-electron chi connectivity index (χ4n) is 3.71. The molecule has 0 unspecified atom stereocenters. The first kappa shape index (κ1) is 22.8. The van der Waals surface area contributed by atoms with Gasteiger partial charge in [0.05, 0.1) is 4.90 Å². The van der Waals surface area contributed by atoms with Crippen molar-refractivity contribution in [2.24, 2.45) is 0 Å². The molecule has 8 nitrogen and oxygen atoms in total. The quantitative estimate of drug-likeness (QED) is 0.465. The summed E-state index contributed by atoms with van der Waals surface area (Å²) in [4.78, 5) is 12.6. The minimum atomic E-state index is -3.57. The molecule has 164 valence electrons. The molecule has 1 aromatic heterocycles. The van der Waals surface area contributed by atoms with Crippen LogP contribution in [-0.4, -0.2) is 60.3 Å². The first-order valence-corrected chi connectivity index (χ1v) is 12.8. The van der Waals surface area contributed by atoms with Crippen LogP contribution in [0.2, 0.25) is 0 Å². The monoisotopic (exact) mass is 451 g/mol. The predicted octanol–water partition coefficient (Wildman–Crippen LogP) is 2.73. The highest BCUT2D eigenvalue weighted by Gasteiger charge is 2.23. The van der Waals surface area contributed by atoms with Crippen LogP contribution in [-0.2, 0) is 16.4 Å². The Morgan fingerprint density at radius 1 is 1.27 bits per heavy atom. The standard InChI is InChI=1S/C20H29N5O3S2/c1-24(2)30(27,28)17-11-6-8-15(14-17)19(26)21-13-7-12-18-22-23-20(29-3)25(18)16-9-4-5-10-16/h6,8,11,14,16H,4-5,7,9-10,12-13H2,1-3H3,(H,21,26). The molecule has 1 fully saturated rings. The number of aryl methyl sites for hydroxylation is 1. The number of hydrogen-bond acceptors (Lipinski definition) is 6. The van der Waals surface area contributed by atoms with Crippen LogP contribution >= 0.6 is 11.8 Å². The van der Waals surface area contributed by atoms with Gasteiger partial charge in [0.1, 0.15) is 5.82 Å². The molecule has 1 aromatic carbocycles. The van der Waals surface area contributed by atoms with E-state index in [1.165, 1.54) is 51.9 Å². The molecule has 0 bridgehead atoms. The van der Waals surface area contributed by atoms with Crippen LogP contribution in [0, 0.1) is 0 Å². The Hall–Kier alpha value is -1.91. The number of sulfonamides is 1. The van der Waals surface area contributed by atoms with Crippen LogP contribution in [0.1, 0.15) is 54.3 Å². The molecule has 1 aliphatic rings. The average molecular weight is 452 g/mol. The summed E-state index contributed by atoms with van der Waals surface area (Å²) in [5.74, 6) is 0.687. The molecular weight excluding hydrogens is 422 g/mol. The van der Waals surface area contributed by atoms with Crippen molar-refractivity contribution < 1.29 is 13.2 Å². The molecule has 30 heavy (non-hydrogen) atoms. The van der Waals surface area contributed by atoms with Crippen LogP contribution in [0.15, 0.2) is 34.3 Å². The van der Waals surface area contributed by atoms with Gasteiger partial charge in [0.2, 0.25) is 10.0 Å². The lowest BCUT2D eigenvalue weighted by Gasteiger charge is -2.16. The van der Waals surface area contributed by atoms with Gasteiger partial charge in [0, 0.05) is 38.7 Å². The minimum absolute atomic E-state index is 0.106. The van der Waals surface area contributed by atoms with E-state index in [1.54, 1.807) is 23.9 Å². The third-order valence-electron chi connectivity index (χ3n) is 5.35. The van der Waals surface area contributed by atoms with Gasteiger partial charge in [0.25, 0.3) is 5.91 Å². The Labute approximate surface area is 182 Å². The number of carbonyl (C=O) groups is 1. The zero-order valence-electron chi connectivity index (χ0n) is 17.7. The lowest BCUT2D eigenvalue weighted by molar-refractivity contribution is 0.0953. The Bertz CT molecular complexity index is 982. The highest BCUT2D eigenvalue weighted by Crippen LogP contribution is 2.33. The van der Waals surface area contributed by atoms with Crippen molar-refractivity contribution in [3.63, 3.8) is 0 Å². The molecule has 3 rings (SSSR count). The van der Waals surface area contributed by atoms with E-state index in [0.29, 0.717) is 18.2 Å². The van der Waals surface area contributed by atoms with Gasteiger partial charge < -0.3 is 9.88 Å². The van der Waals surface area contributed by atoms with Crippen molar-refractivity contribution in [3.05, 3.63) is 35.7 Å². The summed E-state index contributed by atoms with van der Waals surface area (Å²) >= 11 is 1.62. The molecule has 0 aliphatic heterocycles. The second-order valence-electron chi connectivity index (χ2n) is 7.59. The maximum atomic E-state index is 12.5. The van der Waals surface area contributed by atoms with Gasteiger partial charge in [-0.25, -0.2) is 12.7 Å². The molecule has 1 saturated carbocycles. The molecule has 0 radical (unpaired) electrons. The van der Waals surface area contributed by atoms with E-state index in [4.69, 9.17) is 0 Å². The van der Waals surface area contributed by atoms with Gasteiger partial charge in [-0.1, -0.05) is 30.7 Å². The number of carbonyl (C=O) groups excluding carboxylic acids is 1. The molecular formula is C20H29N5O3S2. The smallest absolute Gasteiger partial charge is 0.251 e. The first-order valence-electron chi connectivity index (χ1n) is 10.1. The van der Waals surface area contributed by atoms with E-state index in [1.807, 2.05) is 6.26 Å². The van der Waals surface area contributed by atoms with Crippen molar-refractivity contribution in [3.8, 4) is 0 Å². The highest BCUT2D eigenvalue weighted by atomic mass is 32.2. The molecule has 0 spiro atoms. The Morgan fingerprint density at radius 2 is 2.00 bits per heavy atom. The van der Waals surface area contributed by atoms with Crippen molar-refractivity contribution in [2.75, 3.05) is 26.9 Å². The van der Waals surface area contributed by atoms with Crippen LogP contribution < -0.4 is 5.32 Å². The molecule has 0 atom stereocenters. The topological polar surface area (TPSA) is 97.2 Å². The number of nitrogens with one attached hydrogen (secondary N) is 1. The second-order valence-corrected chi connectivity index (χ2v) is 10.5. The summed E-state index contributed by atoms with van der Waals surface area (Å²) in [6.45, 7) is 0.482. The number of thioether (sulfide) groups is 1. The Kier molecular flexibility index (Phi) is 7.54. The largest absolute Gasteiger partial charge is 0.352 e. The second kappa shape index (κ2) is 9.93. The predicted molar refractivity (Wildman–Crippen MR) is 117 cm³/mol. The molecule has 0 saturated heterocycles. The van der Waals surface area contributed by atoms with Gasteiger partial charge in [0.15, 0.2) is 5.16 Å². The Morgan fingerprint density at radius 3 is 2.67 bits per heavy atom. The van der Waals surface area contributed by atoms with E-state index in [9.17, 15) is 13.2 Å². The SMILES string of the molecule is CSc1nnc(CCCNC(=O)c2cccc(S(=O)(=O)N(C)C)c2)n1C1CCCC1. The van der Waals surface area contributed by atoms with Gasteiger partial charge in [-0.05, 0) is 43.7 Å². The third-order valence-corrected chi connectivity index (χ3v) is 7.80. The van der Waals surface area contributed by atoms with Gasteiger partial charge >= 0.3 is 0 Å². The number of amides is 1. The van der Waals surface area contributed by atoms with E-state index in [2.05, 4.69) is 20.1 Å². The van der Waals surface area contributed by atoms with Gasteiger partial charge in [-0.3, -0.25) is 4.79 Å². The first-order chi connectivity index (χ1) is 14.3. The number of aromatic nitrogens is 3. The van der Waals surface area contributed by atoms with E-state index >= 15 is 0 Å². The van der Waals surface area contributed by atoms with E-state index < -0.39 is 10.0 Å². The fraction of sp³-hybridized carbons (Fsp3) is 0.550. The molecule has 10 heteroatoms. The third kappa shape index (κ3) is 5.04. The summed E-state index contributed by atoms with van der Waals surface area (Å²) in [6.07, 6.45) is 8.32. The number of benzene rings is 1.